The second kappa shape index (κ2) is 7.85. The van der Waals surface area contributed by atoms with Crippen molar-refractivity contribution in [2.75, 3.05) is 0 Å². The largest absolute Gasteiger partial charge is 0.289 e. The first kappa shape index (κ1) is 17.0. The number of carbonyl (C=O) groups is 1. The summed E-state index contributed by atoms with van der Waals surface area (Å²) in [6.07, 6.45) is 21.3. The Balaban J connectivity index is 1.70. The number of hydrogen-bond acceptors (Lipinski definition) is 2. The molecule has 2 aliphatic carbocycles. The quantitative estimate of drug-likeness (QED) is 0.580. The van der Waals surface area contributed by atoms with E-state index >= 15 is 0 Å². The zero-order valence-corrected chi connectivity index (χ0v) is 15.0. The second-order valence-electron chi connectivity index (χ2n) is 6.45. The summed E-state index contributed by atoms with van der Waals surface area (Å²) in [7, 11) is 0. The molecule has 24 heavy (non-hydrogen) atoms. The minimum Gasteiger partial charge on any atom is -0.289 e. The van der Waals surface area contributed by atoms with E-state index in [0.717, 1.165) is 42.4 Å². The fraction of sp³-hybridized carbons (Fsp3) is 0.318. The average molecular weight is 337 g/mol. The summed E-state index contributed by atoms with van der Waals surface area (Å²) in [4.78, 5) is 14.1. The standard InChI is InChI=1S/C22H24OS/c1-3-17-10-12-19(13-11-17)22(23)20-15-24-21(14-16(20)2)18-8-6-4-5-7-9-18/h4,6-7,9-10,12-15,17-18H,2-3,5,8,11H2,1H3. The van der Waals surface area contributed by atoms with Crippen molar-refractivity contribution < 1.29 is 4.79 Å². The summed E-state index contributed by atoms with van der Waals surface area (Å²) in [6, 6.07) is 0. The van der Waals surface area contributed by atoms with Gasteiger partial charge in [-0.1, -0.05) is 56.0 Å². The molecular formula is C22H24OS. The van der Waals surface area contributed by atoms with Gasteiger partial charge in [0.15, 0.2) is 5.78 Å². The van der Waals surface area contributed by atoms with E-state index in [1.807, 2.05) is 11.5 Å². The Morgan fingerprint density at radius 1 is 1.25 bits per heavy atom. The SMILES string of the molecule is C=C1C=C(C2C=CCC=CC2)SC=C1C(=O)C1=CCC(CC)C=C1. The van der Waals surface area contributed by atoms with Gasteiger partial charge in [0.2, 0.25) is 0 Å². The Hall–Kier alpha value is -1.80. The van der Waals surface area contributed by atoms with Gasteiger partial charge in [-0.3, -0.25) is 4.79 Å². The van der Waals surface area contributed by atoms with Gasteiger partial charge < -0.3 is 0 Å². The third-order valence-corrected chi connectivity index (χ3v) is 5.80. The number of ketones is 1. The van der Waals surface area contributed by atoms with E-state index in [0.29, 0.717) is 11.8 Å². The summed E-state index contributed by atoms with van der Waals surface area (Å²) < 4.78 is 0. The smallest absolute Gasteiger partial charge is 0.193 e. The minimum absolute atomic E-state index is 0.102. The molecule has 0 fully saturated rings. The Morgan fingerprint density at radius 2 is 2.12 bits per heavy atom. The van der Waals surface area contributed by atoms with Crippen LogP contribution in [0.15, 0.2) is 82.2 Å². The number of Topliss-reactive ketones (excluding diaryl/α,β-unsaturated/α-hetero) is 1. The van der Waals surface area contributed by atoms with Crippen LogP contribution in [0.5, 0.6) is 0 Å². The fourth-order valence-electron chi connectivity index (χ4n) is 3.12. The summed E-state index contributed by atoms with van der Waals surface area (Å²) in [5, 5.41) is 1.99. The summed E-state index contributed by atoms with van der Waals surface area (Å²) in [5.41, 5.74) is 2.38. The van der Waals surface area contributed by atoms with E-state index in [4.69, 9.17) is 0 Å². The van der Waals surface area contributed by atoms with Crippen LogP contribution in [-0.2, 0) is 4.79 Å². The lowest BCUT2D eigenvalue weighted by molar-refractivity contribution is -0.111. The molecule has 0 bridgehead atoms. The average Bonchev–Trinajstić information content (AvgIpc) is 2.90. The van der Waals surface area contributed by atoms with Crippen molar-refractivity contribution >= 4 is 17.5 Å². The van der Waals surface area contributed by atoms with Gasteiger partial charge in [-0.25, -0.2) is 0 Å². The molecule has 0 N–H and O–H groups in total. The van der Waals surface area contributed by atoms with E-state index in [1.165, 1.54) is 4.91 Å². The minimum atomic E-state index is 0.102. The maximum atomic E-state index is 12.8. The molecule has 3 aliphatic rings. The van der Waals surface area contributed by atoms with Crippen LogP contribution in [-0.4, -0.2) is 5.78 Å². The van der Waals surface area contributed by atoms with Crippen molar-refractivity contribution in [2.45, 2.75) is 32.6 Å². The van der Waals surface area contributed by atoms with Gasteiger partial charge in [0.25, 0.3) is 0 Å². The monoisotopic (exact) mass is 336 g/mol. The van der Waals surface area contributed by atoms with Gasteiger partial charge >= 0.3 is 0 Å². The first-order valence-corrected chi connectivity index (χ1v) is 9.59. The van der Waals surface area contributed by atoms with E-state index in [-0.39, 0.29) is 5.78 Å². The van der Waals surface area contributed by atoms with E-state index < -0.39 is 0 Å². The highest BCUT2D eigenvalue weighted by Gasteiger charge is 2.22. The fourth-order valence-corrected chi connectivity index (χ4v) is 4.19. The molecule has 0 spiro atoms. The summed E-state index contributed by atoms with van der Waals surface area (Å²) in [6.45, 7) is 6.32. The molecule has 1 heterocycles. The van der Waals surface area contributed by atoms with Crippen LogP contribution in [0, 0.1) is 11.8 Å². The lowest BCUT2D eigenvalue weighted by atomic mass is 9.89. The van der Waals surface area contributed by atoms with E-state index in [1.54, 1.807) is 11.8 Å². The van der Waals surface area contributed by atoms with Crippen molar-refractivity contribution in [3.05, 3.63) is 82.2 Å². The first-order valence-electron chi connectivity index (χ1n) is 8.71. The van der Waals surface area contributed by atoms with Crippen LogP contribution in [0.2, 0.25) is 0 Å². The molecule has 0 radical (unpaired) electrons. The van der Waals surface area contributed by atoms with Crippen molar-refractivity contribution in [3.63, 3.8) is 0 Å². The molecule has 0 aromatic heterocycles. The molecule has 1 aliphatic heterocycles. The number of carbonyl (C=O) groups excluding carboxylic acids is 1. The molecule has 0 saturated heterocycles. The molecule has 2 atom stereocenters. The number of allylic oxidation sites excluding steroid dienone is 12. The molecule has 0 amide bonds. The predicted octanol–water partition coefficient (Wildman–Crippen LogP) is 6.06. The molecule has 1 nitrogen and oxygen atoms in total. The zero-order chi connectivity index (χ0) is 16.9. The van der Waals surface area contributed by atoms with Gasteiger partial charge in [0, 0.05) is 17.1 Å². The van der Waals surface area contributed by atoms with E-state index in [9.17, 15) is 4.79 Å². The summed E-state index contributed by atoms with van der Waals surface area (Å²) >= 11 is 1.67. The highest BCUT2D eigenvalue weighted by atomic mass is 32.2. The number of rotatable bonds is 4. The van der Waals surface area contributed by atoms with Crippen LogP contribution in [0.4, 0.5) is 0 Å². The molecule has 0 aromatic carbocycles. The topological polar surface area (TPSA) is 17.1 Å². The van der Waals surface area contributed by atoms with Gasteiger partial charge in [0.1, 0.15) is 0 Å². The highest BCUT2D eigenvalue weighted by Crippen LogP contribution is 2.38. The highest BCUT2D eigenvalue weighted by molar-refractivity contribution is 8.06. The molecule has 3 rings (SSSR count). The predicted molar refractivity (Wildman–Crippen MR) is 105 cm³/mol. The van der Waals surface area contributed by atoms with Crippen molar-refractivity contribution in [1.82, 2.24) is 0 Å². The van der Waals surface area contributed by atoms with Gasteiger partial charge in [-0.2, -0.15) is 0 Å². The lowest BCUT2D eigenvalue weighted by Gasteiger charge is -2.20. The molecule has 0 aromatic rings. The third-order valence-electron chi connectivity index (χ3n) is 4.76. The lowest BCUT2D eigenvalue weighted by Crippen LogP contribution is -2.12. The maximum absolute atomic E-state index is 12.8. The third kappa shape index (κ3) is 3.81. The van der Waals surface area contributed by atoms with Crippen molar-refractivity contribution in [3.8, 4) is 0 Å². The summed E-state index contributed by atoms with van der Waals surface area (Å²) in [5.74, 6) is 1.07. The second-order valence-corrected chi connectivity index (χ2v) is 7.39. The van der Waals surface area contributed by atoms with Gasteiger partial charge in [0.05, 0.1) is 0 Å². The number of hydrogen-bond donors (Lipinski definition) is 0. The molecule has 2 heteroatoms. The normalized spacial score (nSPS) is 26.5. The maximum Gasteiger partial charge on any atom is 0.193 e. The molecule has 124 valence electrons. The van der Waals surface area contributed by atoms with Crippen LogP contribution < -0.4 is 0 Å². The Kier molecular flexibility index (Phi) is 5.57. The van der Waals surface area contributed by atoms with Crippen molar-refractivity contribution in [1.29, 1.82) is 0 Å². The first-order chi connectivity index (χ1) is 11.7. The number of thioether (sulfide) groups is 1. The molecular weight excluding hydrogens is 312 g/mol. The van der Waals surface area contributed by atoms with Crippen LogP contribution >= 0.6 is 11.8 Å². The molecule has 2 unspecified atom stereocenters. The van der Waals surface area contributed by atoms with Gasteiger partial charge in [-0.15, -0.1) is 11.8 Å². The van der Waals surface area contributed by atoms with Crippen LogP contribution in [0.3, 0.4) is 0 Å². The Labute approximate surface area is 149 Å². The van der Waals surface area contributed by atoms with Gasteiger partial charge in [-0.05, 0) is 53.6 Å². The van der Waals surface area contributed by atoms with Crippen LogP contribution in [0.25, 0.3) is 0 Å². The Morgan fingerprint density at radius 3 is 2.83 bits per heavy atom. The zero-order valence-electron chi connectivity index (χ0n) is 14.2. The van der Waals surface area contributed by atoms with Crippen molar-refractivity contribution in [2.24, 2.45) is 11.8 Å². The molecule has 0 saturated carbocycles. The van der Waals surface area contributed by atoms with Crippen LogP contribution in [0.1, 0.15) is 32.6 Å². The van der Waals surface area contributed by atoms with E-state index in [2.05, 4.69) is 56.0 Å². The Bertz CT molecular complexity index is 712.